The second kappa shape index (κ2) is 5.35. The van der Waals surface area contributed by atoms with Gasteiger partial charge in [-0.25, -0.2) is 0 Å². The van der Waals surface area contributed by atoms with E-state index in [1.807, 2.05) is 23.0 Å². The maximum absolute atomic E-state index is 11.1. The Morgan fingerprint density at radius 1 is 1.24 bits per heavy atom. The van der Waals surface area contributed by atoms with E-state index in [0.717, 1.165) is 16.8 Å². The summed E-state index contributed by atoms with van der Waals surface area (Å²) < 4.78 is 1.84. The molecule has 0 saturated carbocycles. The summed E-state index contributed by atoms with van der Waals surface area (Å²) in [6, 6.07) is 6.12. The number of hydrogen-bond acceptors (Lipinski definition) is 2. The van der Waals surface area contributed by atoms with Crippen molar-refractivity contribution >= 4 is 5.97 Å². The average molecular weight is 286 g/mol. The van der Waals surface area contributed by atoms with Gasteiger partial charge in [0.2, 0.25) is 0 Å². The summed E-state index contributed by atoms with van der Waals surface area (Å²) in [6.07, 6.45) is 1.83. The van der Waals surface area contributed by atoms with Crippen LogP contribution >= 0.6 is 0 Å². The second-order valence-electron chi connectivity index (χ2n) is 6.49. The summed E-state index contributed by atoms with van der Waals surface area (Å²) in [5.74, 6) is -0.839. The van der Waals surface area contributed by atoms with Crippen molar-refractivity contribution in [3.05, 3.63) is 41.1 Å². The lowest BCUT2D eigenvalue weighted by Crippen LogP contribution is -2.22. The van der Waals surface area contributed by atoms with Crippen molar-refractivity contribution in [2.24, 2.45) is 0 Å². The highest BCUT2D eigenvalue weighted by molar-refractivity contribution is 5.75. The van der Waals surface area contributed by atoms with Gasteiger partial charge < -0.3 is 5.11 Å². The molecule has 1 aromatic carbocycles. The molecule has 0 amide bonds. The molecule has 0 unspecified atom stereocenters. The molecule has 0 aliphatic carbocycles. The molecule has 4 nitrogen and oxygen atoms in total. The standard InChI is InChI=1S/C17H22N2O2/c1-11-6-7-13(8-12(11)2)16-14(9-15(20)21)10-19(18-16)17(3,4)5/h6-8,10H,9H2,1-5H3,(H,20,21). The molecule has 1 heterocycles. The molecule has 0 aliphatic heterocycles. The van der Waals surface area contributed by atoms with E-state index < -0.39 is 5.97 Å². The molecule has 0 radical (unpaired) electrons. The Labute approximate surface area is 125 Å². The molecule has 112 valence electrons. The predicted molar refractivity (Wildman–Crippen MR) is 83.5 cm³/mol. The van der Waals surface area contributed by atoms with Crippen LogP contribution in [0.4, 0.5) is 0 Å². The summed E-state index contributed by atoms with van der Waals surface area (Å²) in [6.45, 7) is 10.3. The molecular weight excluding hydrogens is 264 g/mol. The molecule has 0 saturated heterocycles. The SMILES string of the molecule is Cc1ccc(-c2nn(C(C)(C)C)cc2CC(=O)O)cc1C. The minimum atomic E-state index is -0.839. The number of aryl methyl sites for hydroxylation is 2. The predicted octanol–water partition coefficient (Wildman–Crippen LogP) is 3.55. The van der Waals surface area contributed by atoms with Crippen LogP contribution in [0.25, 0.3) is 11.3 Å². The number of carboxylic acid groups (broad SMARTS) is 1. The van der Waals surface area contributed by atoms with E-state index in [9.17, 15) is 4.79 Å². The van der Waals surface area contributed by atoms with Gasteiger partial charge in [0.25, 0.3) is 0 Å². The van der Waals surface area contributed by atoms with Crippen LogP contribution in [0.5, 0.6) is 0 Å². The first-order chi connectivity index (χ1) is 9.68. The van der Waals surface area contributed by atoms with Crippen molar-refractivity contribution < 1.29 is 9.90 Å². The van der Waals surface area contributed by atoms with Crippen molar-refractivity contribution in [1.29, 1.82) is 0 Å². The van der Waals surface area contributed by atoms with Crippen LogP contribution in [0.15, 0.2) is 24.4 Å². The minimum Gasteiger partial charge on any atom is -0.481 e. The van der Waals surface area contributed by atoms with E-state index in [1.165, 1.54) is 11.1 Å². The minimum absolute atomic E-state index is 0.0155. The second-order valence-corrected chi connectivity index (χ2v) is 6.49. The van der Waals surface area contributed by atoms with Gasteiger partial charge in [0, 0.05) is 17.3 Å². The fourth-order valence-corrected chi connectivity index (χ4v) is 2.18. The maximum atomic E-state index is 11.1. The summed E-state index contributed by atoms with van der Waals surface area (Å²) >= 11 is 0. The van der Waals surface area contributed by atoms with Gasteiger partial charge in [-0.3, -0.25) is 9.48 Å². The lowest BCUT2D eigenvalue weighted by atomic mass is 10.0. The van der Waals surface area contributed by atoms with Crippen LogP contribution in [-0.4, -0.2) is 20.9 Å². The average Bonchev–Trinajstić information content (AvgIpc) is 2.75. The first kappa shape index (κ1) is 15.3. The molecule has 2 aromatic rings. The molecule has 0 fully saturated rings. The number of aliphatic carboxylic acids is 1. The number of rotatable bonds is 3. The van der Waals surface area contributed by atoms with E-state index in [2.05, 4.69) is 45.8 Å². The zero-order chi connectivity index (χ0) is 15.8. The van der Waals surface area contributed by atoms with E-state index in [0.29, 0.717) is 0 Å². The highest BCUT2D eigenvalue weighted by Crippen LogP contribution is 2.27. The van der Waals surface area contributed by atoms with Crippen LogP contribution in [0, 0.1) is 13.8 Å². The summed E-state index contributed by atoms with van der Waals surface area (Å²) in [5.41, 5.74) is 4.70. The summed E-state index contributed by atoms with van der Waals surface area (Å²) in [7, 11) is 0. The summed E-state index contributed by atoms with van der Waals surface area (Å²) in [4.78, 5) is 11.1. The van der Waals surface area contributed by atoms with E-state index in [-0.39, 0.29) is 12.0 Å². The molecule has 2 rings (SSSR count). The number of aromatic nitrogens is 2. The van der Waals surface area contributed by atoms with Gasteiger partial charge in [0.05, 0.1) is 17.7 Å². The third-order valence-corrected chi connectivity index (χ3v) is 3.60. The van der Waals surface area contributed by atoms with Crippen molar-refractivity contribution in [3.63, 3.8) is 0 Å². The van der Waals surface area contributed by atoms with Crippen LogP contribution in [0.3, 0.4) is 0 Å². The molecule has 0 aliphatic rings. The Hall–Kier alpha value is -2.10. The molecular formula is C17H22N2O2. The third-order valence-electron chi connectivity index (χ3n) is 3.60. The van der Waals surface area contributed by atoms with Gasteiger partial charge in [-0.1, -0.05) is 12.1 Å². The fourth-order valence-electron chi connectivity index (χ4n) is 2.18. The third kappa shape index (κ3) is 3.32. The smallest absolute Gasteiger partial charge is 0.307 e. The molecule has 1 N–H and O–H groups in total. The monoisotopic (exact) mass is 286 g/mol. The van der Waals surface area contributed by atoms with Crippen LogP contribution in [-0.2, 0) is 16.8 Å². The lowest BCUT2D eigenvalue weighted by molar-refractivity contribution is -0.136. The van der Waals surface area contributed by atoms with Crippen LogP contribution in [0.2, 0.25) is 0 Å². The Balaban J connectivity index is 2.56. The first-order valence-corrected chi connectivity index (χ1v) is 7.07. The molecule has 4 heteroatoms. The molecule has 0 spiro atoms. The number of carboxylic acids is 1. The van der Waals surface area contributed by atoms with Gasteiger partial charge >= 0.3 is 5.97 Å². The van der Waals surface area contributed by atoms with Crippen molar-refractivity contribution in [3.8, 4) is 11.3 Å². The zero-order valence-electron chi connectivity index (χ0n) is 13.3. The number of carbonyl (C=O) groups is 1. The number of nitrogens with zero attached hydrogens (tertiary/aromatic N) is 2. The maximum Gasteiger partial charge on any atom is 0.307 e. The molecule has 0 bridgehead atoms. The first-order valence-electron chi connectivity index (χ1n) is 7.07. The lowest BCUT2D eigenvalue weighted by Gasteiger charge is -2.18. The van der Waals surface area contributed by atoms with Gasteiger partial charge in [-0.2, -0.15) is 5.10 Å². The van der Waals surface area contributed by atoms with Gasteiger partial charge in [0.15, 0.2) is 0 Å². The zero-order valence-corrected chi connectivity index (χ0v) is 13.3. The molecule has 1 aromatic heterocycles. The van der Waals surface area contributed by atoms with E-state index in [4.69, 9.17) is 5.11 Å². The van der Waals surface area contributed by atoms with Crippen LogP contribution in [0.1, 0.15) is 37.5 Å². The van der Waals surface area contributed by atoms with Gasteiger partial charge in [0.1, 0.15) is 0 Å². The van der Waals surface area contributed by atoms with Gasteiger partial charge in [-0.15, -0.1) is 0 Å². The van der Waals surface area contributed by atoms with Crippen molar-refractivity contribution in [2.45, 2.75) is 46.6 Å². The van der Waals surface area contributed by atoms with Crippen molar-refractivity contribution in [2.75, 3.05) is 0 Å². The normalized spacial score (nSPS) is 11.7. The Morgan fingerprint density at radius 3 is 2.43 bits per heavy atom. The number of benzene rings is 1. The van der Waals surface area contributed by atoms with Crippen LogP contribution < -0.4 is 0 Å². The Bertz CT molecular complexity index is 679. The fraction of sp³-hybridized carbons (Fsp3) is 0.412. The van der Waals surface area contributed by atoms with E-state index in [1.54, 1.807) is 0 Å². The quantitative estimate of drug-likeness (QED) is 0.938. The molecule has 0 atom stereocenters. The topological polar surface area (TPSA) is 55.1 Å². The van der Waals surface area contributed by atoms with Gasteiger partial charge in [-0.05, 0) is 51.8 Å². The highest BCUT2D eigenvalue weighted by atomic mass is 16.4. The van der Waals surface area contributed by atoms with E-state index >= 15 is 0 Å². The highest BCUT2D eigenvalue weighted by Gasteiger charge is 2.20. The summed E-state index contributed by atoms with van der Waals surface area (Å²) in [5, 5.41) is 13.7. The number of hydrogen-bond donors (Lipinski definition) is 1. The van der Waals surface area contributed by atoms with Crippen molar-refractivity contribution in [1.82, 2.24) is 9.78 Å². The Kier molecular flexibility index (Phi) is 3.90. The molecule has 21 heavy (non-hydrogen) atoms. The largest absolute Gasteiger partial charge is 0.481 e. The Morgan fingerprint density at radius 2 is 1.90 bits per heavy atom.